The van der Waals surface area contributed by atoms with Crippen molar-refractivity contribution in [2.45, 2.75) is 25.8 Å². The fourth-order valence-corrected chi connectivity index (χ4v) is 2.07. The van der Waals surface area contributed by atoms with Crippen LogP contribution in [0.3, 0.4) is 0 Å². The van der Waals surface area contributed by atoms with Crippen molar-refractivity contribution in [1.29, 1.82) is 0 Å². The van der Waals surface area contributed by atoms with Crippen LogP contribution in [-0.4, -0.2) is 30.2 Å². The van der Waals surface area contributed by atoms with Gasteiger partial charge in [-0.1, -0.05) is 42.5 Å². The van der Waals surface area contributed by atoms with Gasteiger partial charge in [-0.3, -0.25) is 4.90 Å². The molecule has 1 heterocycles. The average Bonchev–Trinajstić information content (AvgIpc) is 2.82. The molecule has 2 rings (SSSR count). The van der Waals surface area contributed by atoms with E-state index >= 15 is 0 Å². The van der Waals surface area contributed by atoms with Crippen LogP contribution >= 0.6 is 0 Å². The van der Waals surface area contributed by atoms with Crippen LogP contribution in [0.15, 0.2) is 42.5 Å². The number of amides is 1. The standard InChI is InChI=1S/C15H19NO2/c1-13(16-11-12-18-15(16)17)7-5-6-10-14-8-3-2-4-9-14/h2-5,7-9,13H,6,10-12H2,1H3/b7-5+. The molecule has 18 heavy (non-hydrogen) atoms. The van der Waals surface area contributed by atoms with Crippen molar-refractivity contribution in [3.8, 4) is 0 Å². The first-order valence-electron chi connectivity index (χ1n) is 6.41. The van der Waals surface area contributed by atoms with Crippen molar-refractivity contribution in [1.82, 2.24) is 4.90 Å². The van der Waals surface area contributed by atoms with Gasteiger partial charge in [-0.05, 0) is 25.3 Å². The predicted octanol–water partition coefficient (Wildman–Crippen LogP) is 3.02. The number of rotatable bonds is 5. The van der Waals surface area contributed by atoms with E-state index in [-0.39, 0.29) is 12.1 Å². The number of aryl methyl sites for hydroxylation is 1. The highest BCUT2D eigenvalue weighted by atomic mass is 16.6. The van der Waals surface area contributed by atoms with Gasteiger partial charge in [-0.2, -0.15) is 0 Å². The fraction of sp³-hybridized carbons (Fsp3) is 0.400. The molecule has 1 fully saturated rings. The van der Waals surface area contributed by atoms with Gasteiger partial charge in [0.2, 0.25) is 0 Å². The molecule has 1 aliphatic heterocycles. The molecule has 0 N–H and O–H groups in total. The van der Waals surface area contributed by atoms with Crippen LogP contribution in [0.1, 0.15) is 18.9 Å². The Morgan fingerprint density at radius 2 is 2.17 bits per heavy atom. The van der Waals surface area contributed by atoms with E-state index < -0.39 is 0 Å². The third kappa shape index (κ3) is 3.36. The lowest BCUT2D eigenvalue weighted by atomic mass is 10.1. The van der Waals surface area contributed by atoms with Crippen LogP contribution in [0.4, 0.5) is 4.79 Å². The Bertz CT molecular complexity index is 414. The topological polar surface area (TPSA) is 29.5 Å². The molecule has 3 nitrogen and oxygen atoms in total. The SMILES string of the molecule is CC(/C=C/CCc1ccccc1)N1CCOC1=O. The number of ether oxygens (including phenoxy) is 1. The summed E-state index contributed by atoms with van der Waals surface area (Å²) in [4.78, 5) is 13.1. The van der Waals surface area contributed by atoms with Crippen LogP contribution < -0.4 is 0 Å². The zero-order chi connectivity index (χ0) is 12.8. The third-order valence-electron chi connectivity index (χ3n) is 3.14. The smallest absolute Gasteiger partial charge is 0.410 e. The van der Waals surface area contributed by atoms with Crippen molar-refractivity contribution in [2.75, 3.05) is 13.2 Å². The van der Waals surface area contributed by atoms with E-state index in [0.717, 1.165) is 12.8 Å². The number of hydrogen-bond donors (Lipinski definition) is 0. The average molecular weight is 245 g/mol. The molecule has 1 atom stereocenters. The largest absolute Gasteiger partial charge is 0.448 e. The molecule has 1 aromatic carbocycles. The normalized spacial score (nSPS) is 17.2. The van der Waals surface area contributed by atoms with E-state index in [0.29, 0.717) is 13.2 Å². The highest BCUT2D eigenvalue weighted by molar-refractivity contribution is 5.70. The van der Waals surface area contributed by atoms with E-state index in [1.807, 2.05) is 13.0 Å². The van der Waals surface area contributed by atoms with Crippen LogP contribution in [0.2, 0.25) is 0 Å². The minimum absolute atomic E-state index is 0.121. The molecule has 0 bridgehead atoms. The number of benzene rings is 1. The monoisotopic (exact) mass is 245 g/mol. The minimum Gasteiger partial charge on any atom is -0.448 e. The summed E-state index contributed by atoms with van der Waals surface area (Å²) in [6, 6.07) is 10.5. The molecular formula is C15H19NO2. The number of hydrogen-bond acceptors (Lipinski definition) is 2. The maximum absolute atomic E-state index is 11.3. The predicted molar refractivity (Wildman–Crippen MR) is 71.4 cm³/mol. The van der Waals surface area contributed by atoms with Gasteiger partial charge in [-0.15, -0.1) is 0 Å². The van der Waals surface area contributed by atoms with E-state index in [1.165, 1.54) is 5.56 Å². The van der Waals surface area contributed by atoms with E-state index in [1.54, 1.807) is 4.90 Å². The summed E-state index contributed by atoms with van der Waals surface area (Å²) in [5.74, 6) is 0. The highest BCUT2D eigenvalue weighted by Crippen LogP contribution is 2.10. The summed E-state index contributed by atoms with van der Waals surface area (Å²) >= 11 is 0. The van der Waals surface area contributed by atoms with Crippen LogP contribution in [0, 0.1) is 0 Å². The molecule has 0 radical (unpaired) electrons. The summed E-state index contributed by atoms with van der Waals surface area (Å²) < 4.78 is 4.92. The number of nitrogens with zero attached hydrogens (tertiary/aromatic N) is 1. The Morgan fingerprint density at radius 3 is 2.83 bits per heavy atom. The second-order valence-corrected chi connectivity index (χ2v) is 4.50. The third-order valence-corrected chi connectivity index (χ3v) is 3.14. The van der Waals surface area contributed by atoms with Crippen molar-refractivity contribution in [3.63, 3.8) is 0 Å². The summed E-state index contributed by atoms with van der Waals surface area (Å²) in [6.45, 7) is 3.23. The Morgan fingerprint density at radius 1 is 1.39 bits per heavy atom. The lowest BCUT2D eigenvalue weighted by molar-refractivity contribution is 0.154. The second kappa shape index (κ2) is 6.24. The highest BCUT2D eigenvalue weighted by Gasteiger charge is 2.24. The molecule has 0 aromatic heterocycles. The van der Waals surface area contributed by atoms with Gasteiger partial charge in [0.1, 0.15) is 6.61 Å². The molecule has 96 valence electrons. The van der Waals surface area contributed by atoms with Gasteiger partial charge in [0, 0.05) is 0 Å². The van der Waals surface area contributed by atoms with Gasteiger partial charge in [-0.25, -0.2) is 4.79 Å². The summed E-state index contributed by atoms with van der Waals surface area (Å²) in [5, 5.41) is 0. The molecule has 0 aliphatic carbocycles. The Kier molecular flexibility index (Phi) is 4.40. The Labute approximate surface area is 108 Å². The molecule has 0 spiro atoms. The van der Waals surface area contributed by atoms with Gasteiger partial charge >= 0.3 is 6.09 Å². The molecule has 1 amide bonds. The summed E-state index contributed by atoms with van der Waals surface area (Å²) in [5.41, 5.74) is 1.34. The second-order valence-electron chi connectivity index (χ2n) is 4.50. The molecule has 1 saturated heterocycles. The number of carbonyl (C=O) groups is 1. The number of cyclic esters (lactones) is 1. The van der Waals surface area contributed by atoms with Crippen molar-refractivity contribution < 1.29 is 9.53 Å². The van der Waals surface area contributed by atoms with Gasteiger partial charge in [0.05, 0.1) is 12.6 Å². The molecular weight excluding hydrogens is 226 g/mol. The van der Waals surface area contributed by atoms with E-state index in [2.05, 4.69) is 36.4 Å². The quantitative estimate of drug-likeness (QED) is 0.746. The lowest BCUT2D eigenvalue weighted by Crippen LogP contribution is -2.32. The first kappa shape index (κ1) is 12.7. The molecule has 0 saturated carbocycles. The van der Waals surface area contributed by atoms with Crippen LogP contribution in [0.25, 0.3) is 0 Å². The van der Waals surface area contributed by atoms with Crippen molar-refractivity contribution in [3.05, 3.63) is 48.0 Å². The minimum atomic E-state index is -0.199. The van der Waals surface area contributed by atoms with E-state index in [9.17, 15) is 4.79 Å². The molecule has 3 heteroatoms. The van der Waals surface area contributed by atoms with Crippen molar-refractivity contribution in [2.24, 2.45) is 0 Å². The molecule has 1 aromatic rings. The fourth-order valence-electron chi connectivity index (χ4n) is 2.07. The molecule has 1 aliphatic rings. The zero-order valence-corrected chi connectivity index (χ0v) is 10.7. The Hall–Kier alpha value is -1.77. The van der Waals surface area contributed by atoms with Crippen LogP contribution in [0.5, 0.6) is 0 Å². The number of allylic oxidation sites excluding steroid dienone is 1. The lowest BCUT2D eigenvalue weighted by Gasteiger charge is -2.17. The Balaban J connectivity index is 1.76. The van der Waals surface area contributed by atoms with Crippen molar-refractivity contribution >= 4 is 6.09 Å². The molecule has 1 unspecified atom stereocenters. The first-order valence-corrected chi connectivity index (χ1v) is 6.41. The number of carbonyl (C=O) groups excluding carboxylic acids is 1. The zero-order valence-electron chi connectivity index (χ0n) is 10.7. The first-order chi connectivity index (χ1) is 8.77. The summed E-state index contributed by atoms with van der Waals surface area (Å²) in [7, 11) is 0. The summed E-state index contributed by atoms with van der Waals surface area (Å²) in [6.07, 6.45) is 6.06. The van der Waals surface area contributed by atoms with Gasteiger partial charge in [0.15, 0.2) is 0 Å². The van der Waals surface area contributed by atoms with Gasteiger partial charge in [0.25, 0.3) is 0 Å². The van der Waals surface area contributed by atoms with Crippen LogP contribution in [-0.2, 0) is 11.2 Å². The maximum atomic E-state index is 11.3. The maximum Gasteiger partial charge on any atom is 0.410 e. The van der Waals surface area contributed by atoms with E-state index in [4.69, 9.17) is 4.74 Å². The van der Waals surface area contributed by atoms with Gasteiger partial charge < -0.3 is 4.74 Å².